The van der Waals surface area contributed by atoms with Crippen LogP contribution in [0.5, 0.6) is 34.5 Å². The summed E-state index contributed by atoms with van der Waals surface area (Å²) in [5, 5.41) is 15.0. The van der Waals surface area contributed by atoms with Gasteiger partial charge in [-0.15, -0.1) is 0 Å². The lowest BCUT2D eigenvalue weighted by Crippen LogP contribution is -2.53. The molecule has 1 amide bonds. The lowest BCUT2D eigenvalue weighted by Gasteiger charge is -2.38. The molecule has 1 aromatic heterocycles. The number of nitrogens with one attached hydrogen (secondary N) is 1. The van der Waals surface area contributed by atoms with Crippen molar-refractivity contribution in [2.45, 2.75) is 37.8 Å². The molecule has 2 aromatic carbocycles. The second-order valence-corrected chi connectivity index (χ2v) is 11.4. The number of hydrogen-bond acceptors (Lipinski definition) is 11. The van der Waals surface area contributed by atoms with Crippen molar-refractivity contribution >= 4 is 29.1 Å². The van der Waals surface area contributed by atoms with E-state index in [2.05, 4.69) is 10.3 Å². The summed E-state index contributed by atoms with van der Waals surface area (Å²) in [6.45, 7) is 1.75. The Bertz CT molecular complexity index is 1730. The molecule has 13 heteroatoms. The third kappa shape index (κ3) is 5.67. The van der Waals surface area contributed by atoms with Crippen LogP contribution in [0.15, 0.2) is 53.9 Å². The van der Waals surface area contributed by atoms with Crippen molar-refractivity contribution in [2.75, 3.05) is 35.5 Å². The summed E-state index contributed by atoms with van der Waals surface area (Å²) < 4.78 is 33.7. The van der Waals surface area contributed by atoms with E-state index in [9.17, 15) is 19.5 Å². The van der Waals surface area contributed by atoms with Crippen LogP contribution in [0.2, 0.25) is 5.02 Å². The number of fused-ring (bicyclic) bond motifs is 1. The lowest BCUT2D eigenvalue weighted by molar-refractivity contribution is -0.122. The number of aliphatic hydroxyl groups is 1. The monoisotopic (exact) mass is 666 g/mol. The van der Waals surface area contributed by atoms with Crippen LogP contribution >= 0.6 is 11.6 Å². The number of carbonyl (C=O) groups is 3. The molecule has 0 bridgehead atoms. The van der Waals surface area contributed by atoms with E-state index in [1.54, 1.807) is 43.5 Å². The second-order valence-electron chi connectivity index (χ2n) is 11.1. The third-order valence-corrected chi connectivity index (χ3v) is 8.89. The highest BCUT2D eigenvalue weighted by atomic mass is 35.5. The fourth-order valence-corrected chi connectivity index (χ4v) is 6.44. The molecule has 0 fully saturated rings. The molecule has 1 spiro atoms. The number of Topliss-reactive ketones (excluding diaryl/α,β-unsaturated/α-hetero) is 2. The molecule has 248 valence electrons. The van der Waals surface area contributed by atoms with Crippen molar-refractivity contribution in [3.05, 3.63) is 75.8 Å². The first-order valence-corrected chi connectivity index (χ1v) is 15.0. The summed E-state index contributed by atoms with van der Waals surface area (Å²) in [6.07, 6.45) is 1.12. The van der Waals surface area contributed by atoms with Crippen LogP contribution in [0.3, 0.4) is 0 Å². The molecule has 1 unspecified atom stereocenters. The number of hydrogen-bond donors (Lipinski definition) is 2. The highest BCUT2D eigenvalue weighted by Crippen LogP contribution is 2.56. The van der Waals surface area contributed by atoms with E-state index in [0.717, 1.165) is 0 Å². The number of ether oxygens (including phenoxy) is 6. The number of rotatable bonds is 11. The summed E-state index contributed by atoms with van der Waals surface area (Å²) in [7, 11) is 7.09. The van der Waals surface area contributed by atoms with E-state index in [-0.39, 0.29) is 70.0 Å². The topological polar surface area (TPSA) is 152 Å². The first kappa shape index (κ1) is 33.4. The first-order valence-electron chi connectivity index (χ1n) is 14.7. The average molecular weight is 667 g/mol. The van der Waals surface area contributed by atoms with Crippen molar-refractivity contribution in [2.24, 2.45) is 5.92 Å². The standard InChI is InChI=1S/C34H35ClN2O10/c1-17-11-21(38)27(32(40)34(17)33(41)28-22(42-2)15-23(43-3)29(35)31(28)47-34)20(14-26(39)37-16-19-9-7-8-10-36-19)18-12-24(44-4)30(46-6)25(13-18)45-5/h7-10,12-13,15,17,20,40H,11,14,16H2,1-6H3,(H,37,39)/t17-,20?,34+/m1/s1. The second kappa shape index (κ2) is 13.4. The number of pyridine rings is 1. The van der Waals surface area contributed by atoms with Gasteiger partial charge >= 0.3 is 0 Å². The molecule has 12 nitrogen and oxygen atoms in total. The van der Waals surface area contributed by atoms with Gasteiger partial charge in [0, 0.05) is 42.5 Å². The number of allylic oxidation sites excluding steroid dienone is 1. The maximum Gasteiger partial charge on any atom is 0.231 e. The van der Waals surface area contributed by atoms with Gasteiger partial charge in [-0.3, -0.25) is 19.4 Å². The van der Waals surface area contributed by atoms with Crippen LogP contribution in [-0.2, 0) is 16.1 Å². The number of benzene rings is 2. The molecule has 2 N–H and O–H groups in total. The van der Waals surface area contributed by atoms with Gasteiger partial charge in [-0.25, -0.2) is 0 Å². The fraction of sp³-hybridized carbons (Fsp3) is 0.353. The summed E-state index contributed by atoms with van der Waals surface area (Å²) in [5.74, 6) is -3.04. The van der Waals surface area contributed by atoms with Crippen LogP contribution in [0.1, 0.15) is 47.3 Å². The zero-order chi connectivity index (χ0) is 34.0. The van der Waals surface area contributed by atoms with Crippen molar-refractivity contribution in [1.82, 2.24) is 10.3 Å². The zero-order valence-corrected chi connectivity index (χ0v) is 27.5. The minimum atomic E-state index is -2.04. The van der Waals surface area contributed by atoms with Gasteiger partial charge < -0.3 is 38.8 Å². The maximum atomic E-state index is 14.4. The number of ketones is 2. The third-order valence-electron chi connectivity index (χ3n) is 8.53. The van der Waals surface area contributed by atoms with Crippen LogP contribution < -0.4 is 33.7 Å². The molecule has 1 aliphatic heterocycles. The highest BCUT2D eigenvalue weighted by Gasteiger charge is 2.61. The number of carbonyl (C=O) groups excluding carboxylic acids is 3. The smallest absolute Gasteiger partial charge is 0.231 e. The molecule has 5 rings (SSSR count). The van der Waals surface area contributed by atoms with Gasteiger partial charge in [0.25, 0.3) is 0 Å². The first-order chi connectivity index (χ1) is 22.6. The number of nitrogens with zero attached hydrogens (tertiary/aromatic N) is 1. The molecule has 0 saturated carbocycles. The summed E-state index contributed by atoms with van der Waals surface area (Å²) in [4.78, 5) is 46.1. The largest absolute Gasteiger partial charge is 0.507 e. The molecule has 3 atom stereocenters. The van der Waals surface area contributed by atoms with Crippen LogP contribution in [-0.4, -0.2) is 68.7 Å². The quantitative estimate of drug-likeness (QED) is 0.284. The molecular formula is C34H35ClN2O10. The molecule has 0 saturated heterocycles. The number of aliphatic hydroxyl groups excluding tert-OH is 1. The molecule has 1 aliphatic carbocycles. The van der Waals surface area contributed by atoms with Gasteiger partial charge in [-0.2, -0.15) is 0 Å². The molecule has 47 heavy (non-hydrogen) atoms. The van der Waals surface area contributed by atoms with E-state index in [1.807, 2.05) is 0 Å². The van der Waals surface area contributed by atoms with Crippen molar-refractivity contribution in [3.8, 4) is 34.5 Å². The van der Waals surface area contributed by atoms with Crippen molar-refractivity contribution in [3.63, 3.8) is 0 Å². The zero-order valence-electron chi connectivity index (χ0n) is 26.8. The van der Waals surface area contributed by atoms with E-state index < -0.39 is 40.7 Å². The SMILES string of the molecule is COc1cc(OC)c2c(c1Cl)O[C@]1(C2=O)C(O)=C(C(CC(=O)NCc2ccccn2)c2cc(OC)c(OC)c(OC)c2)C(=O)C[C@H]1C. The Morgan fingerprint density at radius 3 is 2.26 bits per heavy atom. The van der Waals surface area contributed by atoms with E-state index in [1.165, 1.54) is 41.6 Å². The molecule has 3 aromatic rings. The Hall–Kier alpha value is -4.97. The summed E-state index contributed by atoms with van der Waals surface area (Å²) in [5.41, 5.74) is -1.21. The van der Waals surface area contributed by atoms with Crippen LogP contribution in [0.25, 0.3) is 0 Å². The minimum Gasteiger partial charge on any atom is -0.507 e. The fourth-order valence-electron chi connectivity index (χ4n) is 6.18. The van der Waals surface area contributed by atoms with Gasteiger partial charge in [0.15, 0.2) is 28.8 Å². The Morgan fingerprint density at radius 1 is 1.02 bits per heavy atom. The minimum absolute atomic E-state index is 0.00190. The number of methoxy groups -OCH3 is 5. The predicted molar refractivity (Wildman–Crippen MR) is 170 cm³/mol. The van der Waals surface area contributed by atoms with E-state index in [4.69, 9.17) is 40.0 Å². The molecule has 2 heterocycles. The van der Waals surface area contributed by atoms with Gasteiger partial charge in [-0.1, -0.05) is 24.6 Å². The number of aromatic nitrogens is 1. The Balaban J connectivity index is 1.68. The number of amides is 1. The predicted octanol–water partition coefficient (Wildman–Crippen LogP) is 5.00. The Kier molecular flexibility index (Phi) is 9.53. The van der Waals surface area contributed by atoms with Gasteiger partial charge in [-0.05, 0) is 29.8 Å². The van der Waals surface area contributed by atoms with Crippen LogP contribution in [0.4, 0.5) is 0 Å². The number of halogens is 1. The molecule has 0 radical (unpaired) electrons. The van der Waals surface area contributed by atoms with Crippen LogP contribution in [0, 0.1) is 5.92 Å². The molecule has 2 aliphatic rings. The maximum absolute atomic E-state index is 14.4. The van der Waals surface area contributed by atoms with Gasteiger partial charge in [0.2, 0.25) is 23.0 Å². The average Bonchev–Trinajstić information content (AvgIpc) is 3.40. The highest BCUT2D eigenvalue weighted by molar-refractivity contribution is 6.35. The van der Waals surface area contributed by atoms with Crippen molar-refractivity contribution in [1.29, 1.82) is 0 Å². The van der Waals surface area contributed by atoms with E-state index >= 15 is 0 Å². The van der Waals surface area contributed by atoms with Gasteiger partial charge in [0.1, 0.15) is 22.1 Å². The summed E-state index contributed by atoms with van der Waals surface area (Å²) in [6, 6.07) is 9.95. The normalized spacial score (nSPS) is 19.2. The van der Waals surface area contributed by atoms with E-state index in [0.29, 0.717) is 11.3 Å². The lowest BCUT2D eigenvalue weighted by atomic mass is 9.69. The Morgan fingerprint density at radius 2 is 1.68 bits per heavy atom. The van der Waals surface area contributed by atoms with Crippen molar-refractivity contribution < 1.29 is 47.9 Å². The van der Waals surface area contributed by atoms with Gasteiger partial charge in [0.05, 0.1) is 47.8 Å². The summed E-state index contributed by atoms with van der Waals surface area (Å²) >= 11 is 6.60. The Labute approximate surface area is 276 Å². The molecular weight excluding hydrogens is 632 g/mol.